The molecule has 0 radical (unpaired) electrons. The maximum Gasteiger partial charge on any atom is 0.213 e. The summed E-state index contributed by atoms with van der Waals surface area (Å²) in [6, 6.07) is 9.25. The van der Waals surface area contributed by atoms with Crippen molar-refractivity contribution in [1.82, 2.24) is 15.1 Å². The number of pyridine rings is 2. The number of nitrogen functional groups attached to an aromatic ring is 1. The summed E-state index contributed by atoms with van der Waals surface area (Å²) in [7, 11) is 0. The lowest BCUT2D eigenvalue weighted by Crippen LogP contribution is -2.11. The van der Waals surface area contributed by atoms with Gasteiger partial charge in [0.15, 0.2) is 5.76 Å². The molecule has 0 saturated carbocycles. The molecule has 3 heterocycles. The van der Waals surface area contributed by atoms with Gasteiger partial charge in [-0.3, -0.25) is 0 Å². The van der Waals surface area contributed by atoms with Crippen molar-refractivity contribution in [2.45, 2.75) is 6.42 Å². The van der Waals surface area contributed by atoms with Gasteiger partial charge < -0.3 is 20.7 Å². The molecule has 0 amide bonds. The molecule has 0 saturated heterocycles. The van der Waals surface area contributed by atoms with Crippen LogP contribution < -0.4 is 16.2 Å². The number of hydrogen-bond donors (Lipinski definition) is 2. The van der Waals surface area contributed by atoms with Gasteiger partial charge in [0.05, 0.1) is 11.3 Å². The molecule has 118 valence electrons. The van der Waals surface area contributed by atoms with E-state index in [9.17, 15) is 0 Å². The zero-order chi connectivity index (χ0) is 16.1. The van der Waals surface area contributed by atoms with Gasteiger partial charge in [-0.05, 0) is 17.7 Å². The number of nitrogens with two attached hydrogens (primary N) is 2. The van der Waals surface area contributed by atoms with E-state index in [2.05, 4.69) is 15.1 Å². The van der Waals surface area contributed by atoms with Gasteiger partial charge in [-0.25, -0.2) is 9.97 Å². The standard InChI is InChI=1S/C16H17N5O2/c17-5-7-22-15-4-3-11(10-20-15)8-12-9-14(23-21-12)13-2-1-6-19-16(13)18/h1-4,6,9-10H,5,7-8,17H2,(H2,18,19). The van der Waals surface area contributed by atoms with E-state index in [1.54, 1.807) is 18.5 Å². The second-order valence-corrected chi connectivity index (χ2v) is 4.94. The fourth-order valence-electron chi connectivity index (χ4n) is 2.12. The van der Waals surface area contributed by atoms with Crippen molar-refractivity contribution in [3.63, 3.8) is 0 Å². The van der Waals surface area contributed by atoms with Crippen molar-refractivity contribution in [2.24, 2.45) is 5.73 Å². The van der Waals surface area contributed by atoms with Crippen molar-refractivity contribution in [1.29, 1.82) is 0 Å². The number of nitrogens with zero attached hydrogens (tertiary/aromatic N) is 3. The van der Waals surface area contributed by atoms with Gasteiger partial charge in [0, 0.05) is 37.5 Å². The van der Waals surface area contributed by atoms with Gasteiger partial charge in [-0.2, -0.15) is 0 Å². The number of anilines is 1. The maximum atomic E-state index is 5.84. The van der Waals surface area contributed by atoms with E-state index in [0.29, 0.717) is 37.0 Å². The van der Waals surface area contributed by atoms with Crippen LogP contribution in [0.25, 0.3) is 11.3 Å². The van der Waals surface area contributed by atoms with Crippen molar-refractivity contribution < 1.29 is 9.26 Å². The third-order valence-electron chi connectivity index (χ3n) is 3.21. The summed E-state index contributed by atoms with van der Waals surface area (Å²) in [6.07, 6.45) is 3.99. The summed E-state index contributed by atoms with van der Waals surface area (Å²) in [5.41, 5.74) is 13.8. The quantitative estimate of drug-likeness (QED) is 0.711. The molecule has 0 aliphatic rings. The molecular weight excluding hydrogens is 294 g/mol. The number of ether oxygens (including phenoxy) is 1. The summed E-state index contributed by atoms with van der Waals surface area (Å²) >= 11 is 0. The monoisotopic (exact) mass is 311 g/mol. The minimum absolute atomic E-state index is 0.415. The van der Waals surface area contributed by atoms with Crippen molar-refractivity contribution in [2.75, 3.05) is 18.9 Å². The Hall–Kier alpha value is -2.93. The topological polar surface area (TPSA) is 113 Å². The van der Waals surface area contributed by atoms with E-state index < -0.39 is 0 Å². The molecule has 0 aliphatic carbocycles. The van der Waals surface area contributed by atoms with Gasteiger partial charge in [0.2, 0.25) is 5.88 Å². The Morgan fingerprint density at radius 3 is 2.83 bits per heavy atom. The highest BCUT2D eigenvalue weighted by molar-refractivity contribution is 5.69. The molecule has 0 aliphatic heterocycles. The zero-order valence-corrected chi connectivity index (χ0v) is 12.5. The Morgan fingerprint density at radius 1 is 1.17 bits per heavy atom. The van der Waals surface area contributed by atoms with Crippen LogP contribution in [-0.2, 0) is 6.42 Å². The molecule has 3 aromatic rings. The Kier molecular flexibility index (Phi) is 4.49. The first-order valence-electron chi connectivity index (χ1n) is 7.20. The summed E-state index contributed by atoms with van der Waals surface area (Å²) < 4.78 is 10.7. The van der Waals surface area contributed by atoms with Gasteiger partial charge in [-0.1, -0.05) is 11.2 Å². The molecule has 0 aromatic carbocycles. The minimum Gasteiger partial charge on any atom is -0.476 e. The molecule has 23 heavy (non-hydrogen) atoms. The Labute approximate surface area is 133 Å². The number of rotatable bonds is 6. The molecule has 7 nitrogen and oxygen atoms in total. The summed E-state index contributed by atoms with van der Waals surface area (Å²) in [5, 5.41) is 4.07. The lowest BCUT2D eigenvalue weighted by Gasteiger charge is -2.03. The SMILES string of the molecule is NCCOc1ccc(Cc2cc(-c3cccnc3N)on2)cn1. The number of hydrogen-bond acceptors (Lipinski definition) is 7. The van der Waals surface area contributed by atoms with Crippen LogP contribution in [0, 0.1) is 0 Å². The van der Waals surface area contributed by atoms with Crippen molar-refractivity contribution in [3.05, 3.63) is 54.0 Å². The van der Waals surface area contributed by atoms with E-state index in [1.807, 2.05) is 24.3 Å². The second-order valence-electron chi connectivity index (χ2n) is 4.94. The highest BCUT2D eigenvalue weighted by Gasteiger charge is 2.10. The predicted octanol–water partition coefficient (Wildman–Crippen LogP) is 1.64. The van der Waals surface area contributed by atoms with Gasteiger partial charge in [0.25, 0.3) is 0 Å². The van der Waals surface area contributed by atoms with Crippen LogP contribution in [0.1, 0.15) is 11.3 Å². The first-order valence-corrected chi connectivity index (χ1v) is 7.20. The van der Waals surface area contributed by atoms with E-state index >= 15 is 0 Å². The average Bonchev–Trinajstić information content (AvgIpc) is 3.03. The molecule has 0 atom stereocenters. The zero-order valence-electron chi connectivity index (χ0n) is 12.5. The van der Waals surface area contributed by atoms with E-state index in [0.717, 1.165) is 16.8 Å². The average molecular weight is 311 g/mol. The highest BCUT2D eigenvalue weighted by atomic mass is 16.5. The molecule has 4 N–H and O–H groups in total. The molecule has 3 rings (SSSR count). The number of aromatic nitrogens is 3. The lowest BCUT2D eigenvalue weighted by atomic mass is 10.1. The van der Waals surface area contributed by atoms with Gasteiger partial charge >= 0.3 is 0 Å². The second kappa shape index (κ2) is 6.89. The van der Waals surface area contributed by atoms with Crippen LogP contribution in [0.3, 0.4) is 0 Å². The van der Waals surface area contributed by atoms with Gasteiger partial charge in [-0.15, -0.1) is 0 Å². The highest BCUT2D eigenvalue weighted by Crippen LogP contribution is 2.25. The molecule has 3 aromatic heterocycles. The van der Waals surface area contributed by atoms with Crippen LogP contribution in [0.4, 0.5) is 5.82 Å². The third-order valence-corrected chi connectivity index (χ3v) is 3.21. The third kappa shape index (κ3) is 3.64. The van der Waals surface area contributed by atoms with Gasteiger partial charge in [0.1, 0.15) is 12.4 Å². The van der Waals surface area contributed by atoms with E-state index in [4.69, 9.17) is 20.7 Å². The van der Waals surface area contributed by atoms with E-state index in [1.165, 1.54) is 0 Å². The van der Waals surface area contributed by atoms with Crippen molar-refractivity contribution in [3.8, 4) is 17.2 Å². The van der Waals surface area contributed by atoms with Crippen molar-refractivity contribution >= 4 is 5.82 Å². The van der Waals surface area contributed by atoms with Crippen LogP contribution in [0.2, 0.25) is 0 Å². The fraction of sp³-hybridized carbons (Fsp3) is 0.188. The Bertz CT molecular complexity index is 770. The molecule has 7 heteroatoms. The molecule has 0 bridgehead atoms. The van der Waals surface area contributed by atoms with E-state index in [-0.39, 0.29) is 0 Å². The van der Waals surface area contributed by atoms with Crippen LogP contribution in [-0.4, -0.2) is 28.3 Å². The lowest BCUT2D eigenvalue weighted by molar-refractivity contribution is 0.315. The summed E-state index contributed by atoms with van der Waals surface area (Å²) in [5.74, 6) is 1.57. The minimum atomic E-state index is 0.415. The largest absolute Gasteiger partial charge is 0.476 e. The normalized spacial score (nSPS) is 10.7. The summed E-state index contributed by atoms with van der Waals surface area (Å²) in [4.78, 5) is 8.27. The smallest absolute Gasteiger partial charge is 0.213 e. The Morgan fingerprint density at radius 2 is 2.09 bits per heavy atom. The molecular formula is C16H17N5O2. The summed E-state index contributed by atoms with van der Waals surface area (Å²) in [6.45, 7) is 0.911. The first-order chi connectivity index (χ1) is 11.3. The molecule has 0 spiro atoms. The van der Waals surface area contributed by atoms with Crippen LogP contribution in [0.15, 0.2) is 47.2 Å². The first kappa shape index (κ1) is 15.0. The Balaban J connectivity index is 1.71. The maximum absolute atomic E-state index is 5.84. The van der Waals surface area contributed by atoms with Crippen LogP contribution in [0.5, 0.6) is 5.88 Å². The molecule has 0 fully saturated rings. The predicted molar refractivity (Wildman–Crippen MR) is 85.7 cm³/mol. The fourth-order valence-corrected chi connectivity index (χ4v) is 2.12. The molecule has 0 unspecified atom stereocenters. The van der Waals surface area contributed by atoms with Crippen LogP contribution >= 0.6 is 0 Å².